The molecule has 0 aliphatic carbocycles. The van der Waals surface area contributed by atoms with E-state index in [0.29, 0.717) is 6.54 Å². The number of rotatable bonds is 5. The lowest BCUT2D eigenvalue weighted by atomic mass is 10.1. The molecule has 0 aliphatic heterocycles. The Labute approximate surface area is 56.2 Å². The lowest BCUT2D eigenvalue weighted by Gasteiger charge is -2.10. The van der Waals surface area contributed by atoms with E-state index in [1.807, 2.05) is 0 Å². The molecular formula is C6H16N2O. The summed E-state index contributed by atoms with van der Waals surface area (Å²) in [4.78, 5) is 0. The van der Waals surface area contributed by atoms with Crippen LogP contribution in [-0.2, 0) is 0 Å². The van der Waals surface area contributed by atoms with Crippen molar-refractivity contribution >= 4 is 0 Å². The predicted octanol–water partition coefficient (Wildman–Crippen LogP) is 0.483. The van der Waals surface area contributed by atoms with Crippen LogP contribution in [0.3, 0.4) is 0 Å². The molecule has 0 bridgehead atoms. The van der Waals surface area contributed by atoms with Crippen molar-refractivity contribution in [2.24, 2.45) is 5.73 Å². The summed E-state index contributed by atoms with van der Waals surface area (Å²) >= 11 is 0. The van der Waals surface area contributed by atoms with E-state index in [1.165, 1.54) is 0 Å². The van der Waals surface area contributed by atoms with Crippen LogP contribution >= 0.6 is 0 Å². The van der Waals surface area contributed by atoms with Crippen molar-refractivity contribution in [3.8, 4) is 0 Å². The average Bonchev–Trinajstić information content (AvgIpc) is 1.91. The first-order valence-electron chi connectivity index (χ1n) is 3.44. The van der Waals surface area contributed by atoms with Gasteiger partial charge in [0.2, 0.25) is 0 Å². The van der Waals surface area contributed by atoms with Crippen LogP contribution in [0.15, 0.2) is 0 Å². The summed E-state index contributed by atoms with van der Waals surface area (Å²) in [5.41, 5.74) is 7.46. The molecule has 0 fully saturated rings. The highest BCUT2D eigenvalue weighted by molar-refractivity contribution is 4.60. The zero-order chi connectivity index (χ0) is 7.11. The summed E-state index contributed by atoms with van der Waals surface area (Å²) in [7, 11) is 0. The largest absolute Gasteiger partial charge is 0.329 e. The average molecular weight is 132 g/mol. The van der Waals surface area contributed by atoms with Gasteiger partial charge in [-0.1, -0.05) is 19.8 Å². The van der Waals surface area contributed by atoms with Crippen molar-refractivity contribution in [3.63, 3.8) is 0 Å². The third-order valence-corrected chi connectivity index (χ3v) is 1.37. The molecule has 56 valence electrons. The zero-order valence-electron chi connectivity index (χ0n) is 5.93. The summed E-state index contributed by atoms with van der Waals surface area (Å²) < 4.78 is 0. The van der Waals surface area contributed by atoms with E-state index in [0.717, 1.165) is 19.3 Å². The van der Waals surface area contributed by atoms with Gasteiger partial charge < -0.3 is 10.9 Å². The molecule has 1 atom stereocenters. The molecule has 0 aliphatic rings. The topological polar surface area (TPSA) is 58.3 Å². The molecular weight excluding hydrogens is 116 g/mol. The number of nitrogens with one attached hydrogen (secondary N) is 1. The molecule has 0 saturated heterocycles. The molecule has 0 heterocycles. The maximum Gasteiger partial charge on any atom is 0.0442 e. The summed E-state index contributed by atoms with van der Waals surface area (Å²) in [5, 5.41) is 8.42. The van der Waals surface area contributed by atoms with Crippen LogP contribution in [0.25, 0.3) is 0 Å². The minimum atomic E-state index is 0.0879. The van der Waals surface area contributed by atoms with Gasteiger partial charge in [0, 0.05) is 12.6 Å². The Morgan fingerprint density at radius 1 is 1.67 bits per heavy atom. The van der Waals surface area contributed by atoms with Crippen LogP contribution in [-0.4, -0.2) is 17.8 Å². The first-order chi connectivity index (χ1) is 4.35. The normalized spacial score (nSPS) is 13.7. The van der Waals surface area contributed by atoms with Crippen LogP contribution in [0.2, 0.25) is 0 Å². The molecule has 0 saturated carbocycles. The van der Waals surface area contributed by atoms with Gasteiger partial charge in [0.1, 0.15) is 0 Å². The first-order valence-corrected chi connectivity index (χ1v) is 3.44. The van der Waals surface area contributed by atoms with Gasteiger partial charge in [-0.3, -0.25) is 0 Å². The molecule has 0 amide bonds. The van der Waals surface area contributed by atoms with Crippen LogP contribution in [0.5, 0.6) is 0 Å². The van der Waals surface area contributed by atoms with Gasteiger partial charge in [-0.05, 0) is 6.42 Å². The van der Waals surface area contributed by atoms with Crippen LogP contribution < -0.4 is 11.2 Å². The smallest absolute Gasteiger partial charge is 0.0442 e. The first kappa shape index (κ1) is 8.88. The molecule has 4 N–H and O–H groups in total. The highest BCUT2D eigenvalue weighted by Gasteiger charge is 2.01. The summed E-state index contributed by atoms with van der Waals surface area (Å²) in [6, 6.07) is 0.0879. The number of hydrogen-bond acceptors (Lipinski definition) is 3. The fraction of sp³-hybridized carbons (Fsp3) is 1.00. The Kier molecular flexibility index (Phi) is 5.93. The minimum Gasteiger partial charge on any atom is -0.329 e. The summed E-state index contributed by atoms with van der Waals surface area (Å²) in [6.45, 7) is 2.63. The molecule has 1 unspecified atom stereocenters. The molecule has 0 aromatic carbocycles. The Morgan fingerprint density at radius 2 is 2.33 bits per heavy atom. The van der Waals surface area contributed by atoms with E-state index in [4.69, 9.17) is 10.9 Å². The van der Waals surface area contributed by atoms with Crippen molar-refractivity contribution in [2.45, 2.75) is 32.2 Å². The van der Waals surface area contributed by atoms with E-state index >= 15 is 0 Å². The SMILES string of the molecule is CCCCC(CN)NO. The standard InChI is InChI=1S/C6H16N2O/c1-2-3-4-6(5-7)8-9/h6,8-9H,2-5,7H2,1H3. The van der Waals surface area contributed by atoms with Gasteiger partial charge >= 0.3 is 0 Å². The Morgan fingerprint density at radius 3 is 2.67 bits per heavy atom. The second kappa shape index (κ2) is 6.01. The maximum absolute atomic E-state index is 8.42. The van der Waals surface area contributed by atoms with Crippen LogP contribution in [0, 0.1) is 0 Å². The van der Waals surface area contributed by atoms with Crippen LogP contribution in [0.1, 0.15) is 26.2 Å². The van der Waals surface area contributed by atoms with Gasteiger partial charge in [-0.15, -0.1) is 0 Å². The van der Waals surface area contributed by atoms with Crippen molar-refractivity contribution in [3.05, 3.63) is 0 Å². The van der Waals surface area contributed by atoms with E-state index in [1.54, 1.807) is 0 Å². The molecule has 0 aromatic heterocycles. The Bertz CT molecular complexity index is 55.0. The third kappa shape index (κ3) is 4.39. The second-order valence-corrected chi connectivity index (χ2v) is 2.20. The monoisotopic (exact) mass is 132 g/mol. The van der Waals surface area contributed by atoms with Gasteiger partial charge in [0.15, 0.2) is 0 Å². The van der Waals surface area contributed by atoms with Crippen molar-refractivity contribution in [2.75, 3.05) is 6.54 Å². The van der Waals surface area contributed by atoms with Gasteiger partial charge in [-0.2, -0.15) is 0 Å². The highest BCUT2D eigenvalue weighted by Crippen LogP contribution is 1.97. The van der Waals surface area contributed by atoms with E-state index in [2.05, 4.69) is 12.4 Å². The lowest BCUT2D eigenvalue weighted by Crippen LogP contribution is -2.33. The molecule has 0 aromatic rings. The molecule has 9 heavy (non-hydrogen) atoms. The van der Waals surface area contributed by atoms with E-state index < -0.39 is 0 Å². The van der Waals surface area contributed by atoms with Gasteiger partial charge in [-0.25, -0.2) is 5.48 Å². The molecule has 0 radical (unpaired) electrons. The summed E-state index contributed by atoms with van der Waals surface area (Å²) in [5.74, 6) is 0. The number of unbranched alkanes of at least 4 members (excludes halogenated alkanes) is 1. The summed E-state index contributed by atoms with van der Waals surface area (Å²) in [6.07, 6.45) is 3.23. The maximum atomic E-state index is 8.42. The quantitative estimate of drug-likeness (QED) is 0.477. The van der Waals surface area contributed by atoms with E-state index in [-0.39, 0.29) is 6.04 Å². The molecule has 0 rings (SSSR count). The van der Waals surface area contributed by atoms with Gasteiger partial charge in [0.05, 0.1) is 0 Å². The zero-order valence-corrected chi connectivity index (χ0v) is 5.93. The Hall–Kier alpha value is -0.120. The fourth-order valence-electron chi connectivity index (χ4n) is 0.686. The number of hydroxylamine groups is 1. The third-order valence-electron chi connectivity index (χ3n) is 1.37. The Balaban J connectivity index is 3.09. The number of nitrogens with two attached hydrogens (primary N) is 1. The second-order valence-electron chi connectivity index (χ2n) is 2.20. The lowest BCUT2D eigenvalue weighted by molar-refractivity contribution is 0.123. The van der Waals surface area contributed by atoms with E-state index in [9.17, 15) is 0 Å². The molecule has 3 heteroatoms. The van der Waals surface area contributed by atoms with Crippen molar-refractivity contribution in [1.82, 2.24) is 5.48 Å². The predicted molar refractivity (Wildman–Crippen MR) is 37.3 cm³/mol. The minimum absolute atomic E-state index is 0.0879. The van der Waals surface area contributed by atoms with Crippen LogP contribution in [0.4, 0.5) is 0 Å². The highest BCUT2D eigenvalue weighted by atomic mass is 16.5. The fourth-order valence-corrected chi connectivity index (χ4v) is 0.686. The molecule has 0 spiro atoms. The molecule has 3 nitrogen and oxygen atoms in total. The van der Waals surface area contributed by atoms with Crippen molar-refractivity contribution in [1.29, 1.82) is 0 Å². The van der Waals surface area contributed by atoms with Crippen molar-refractivity contribution < 1.29 is 5.21 Å². The van der Waals surface area contributed by atoms with Gasteiger partial charge in [0.25, 0.3) is 0 Å². The number of hydrogen-bond donors (Lipinski definition) is 3.